The lowest BCUT2D eigenvalue weighted by Crippen LogP contribution is -2.33. The van der Waals surface area contributed by atoms with Gasteiger partial charge in [0.15, 0.2) is 23.0 Å². The van der Waals surface area contributed by atoms with E-state index in [1.54, 1.807) is 35.4 Å². The number of methoxy groups -OCH3 is 6. The molecule has 0 aromatic heterocycles. The minimum atomic E-state index is -1.45. The molecule has 0 heterocycles. The van der Waals surface area contributed by atoms with Gasteiger partial charge in [-0.25, -0.2) is 0 Å². The van der Waals surface area contributed by atoms with E-state index in [1.807, 2.05) is 19.1 Å². The topological polar surface area (TPSA) is 75.6 Å². The van der Waals surface area contributed by atoms with Crippen LogP contribution in [0.4, 0.5) is 0 Å². The van der Waals surface area contributed by atoms with Gasteiger partial charge >= 0.3 is 0 Å². The summed E-state index contributed by atoms with van der Waals surface area (Å²) in [5.74, 6) is 2.63. The molecule has 0 spiro atoms. The fourth-order valence-corrected chi connectivity index (χ4v) is 4.33. The van der Waals surface area contributed by atoms with Crippen molar-refractivity contribution in [3.63, 3.8) is 0 Å². The summed E-state index contributed by atoms with van der Waals surface area (Å²) in [5, 5.41) is 11.8. The number of aliphatic hydroxyl groups is 1. The lowest BCUT2D eigenvalue weighted by molar-refractivity contribution is 0.0885. The van der Waals surface area contributed by atoms with Crippen LogP contribution in [0.15, 0.2) is 12.1 Å². The molecular weight excluding hydrogens is 376 g/mol. The van der Waals surface area contributed by atoms with Crippen LogP contribution in [-0.2, 0) is 5.60 Å². The molecule has 7 nitrogen and oxygen atoms in total. The second kappa shape index (κ2) is 7.55. The van der Waals surface area contributed by atoms with Crippen LogP contribution < -0.4 is 28.4 Å². The Hall–Kier alpha value is -2.80. The van der Waals surface area contributed by atoms with Crippen LogP contribution in [0.1, 0.15) is 42.0 Å². The minimum Gasteiger partial charge on any atom is -0.493 e. The zero-order valence-electron chi connectivity index (χ0n) is 18.1. The quantitative estimate of drug-likeness (QED) is 0.790. The number of ether oxygens (including phenoxy) is 6. The maximum Gasteiger partial charge on any atom is 0.203 e. The number of hydrogen-bond acceptors (Lipinski definition) is 7. The van der Waals surface area contributed by atoms with Crippen molar-refractivity contribution in [2.45, 2.75) is 25.4 Å². The zero-order chi connectivity index (χ0) is 21.5. The predicted octanol–water partition coefficient (Wildman–Crippen LogP) is 3.46. The molecule has 0 saturated heterocycles. The van der Waals surface area contributed by atoms with E-state index in [0.717, 1.165) is 11.1 Å². The van der Waals surface area contributed by atoms with Crippen LogP contribution in [0.25, 0.3) is 0 Å². The molecule has 0 fully saturated rings. The molecule has 1 aliphatic rings. The van der Waals surface area contributed by atoms with E-state index in [-0.39, 0.29) is 5.92 Å². The Morgan fingerprint density at radius 3 is 1.28 bits per heavy atom. The third-order valence-corrected chi connectivity index (χ3v) is 5.63. The fraction of sp³-hybridized carbons (Fsp3) is 0.455. The van der Waals surface area contributed by atoms with Crippen molar-refractivity contribution in [1.29, 1.82) is 0 Å². The first kappa shape index (κ1) is 20.9. The average Bonchev–Trinajstić information content (AvgIpc) is 2.73. The molecule has 0 unspecified atom stereocenters. The predicted molar refractivity (Wildman–Crippen MR) is 108 cm³/mol. The van der Waals surface area contributed by atoms with Crippen molar-refractivity contribution in [3.05, 3.63) is 34.4 Å². The molecule has 3 rings (SSSR count). The van der Waals surface area contributed by atoms with Crippen LogP contribution in [-0.4, -0.2) is 47.8 Å². The van der Waals surface area contributed by atoms with Gasteiger partial charge in [-0.3, -0.25) is 0 Å². The molecular formula is C22H28O7. The third kappa shape index (κ3) is 2.83. The zero-order valence-corrected chi connectivity index (χ0v) is 18.1. The van der Waals surface area contributed by atoms with Crippen molar-refractivity contribution in [2.75, 3.05) is 42.7 Å². The SMILES string of the molecule is COc1cc2c(c(OC)c1OC)C(C)(O)c1c(cc(OC)c(OC)c1OC)C2C. The molecule has 0 amide bonds. The van der Waals surface area contributed by atoms with Gasteiger partial charge in [-0.05, 0) is 30.2 Å². The van der Waals surface area contributed by atoms with Gasteiger partial charge in [0.2, 0.25) is 11.5 Å². The molecule has 29 heavy (non-hydrogen) atoms. The molecule has 0 radical (unpaired) electrons. The largest absolute Gasteiger partial charge is 0.493 e. The van der Waals surface area contributed by atoms with Gasteiger partial charge < -0.3 is 33.5 Å². The first-order valence-corrected chi connectivity index (χ1v) is 9.21. The number of rotatable bonds is 6. The van der Waals surface area contributed by atoms with E-state index in [2.05, 4.69) is 0 Å². The molecule has 0 bridgehead atoms. The lowest BCUT2D eigenvalue weighted by atomic mass is 9.70. The van der Waals surface area contributed by atoms with E-state index < -0.39 is 5.60 Å². The van der Waals surface area contributed by atoms with Gasteiger partial charge in [-0.15, -0.1) is 0 Å². The summed E-state index contributed by atoms with van der Waals surface area (Å²) in [6.45, 7) is 3.75. The molecule has 7 heteroatoms. The lowest BCUT2D eigenvalue weighted by Gasteiger charge is -2.40. The van der Waals surface area contributed by atoms with Gasteiger partial charge in [0.1, 0.15) is 5.60 Å². The van der Waals surface area contributed by atoms with Gasteiger partial charge in [-0.1, -0.05) is 6.92 Å². The van der Waals surface area contributed by atoms with Crippen molar-refractivity contribution >= 4 is 0 Å². The first-order valence-electron chi connectivity index (χ1n) is 9.21. The number of fused-ring (bicyclic) bond motifs is 2. The Kier molecular flexibility index (Phi) is 5.45. The summed E-state index contributed by atoms with van der Waals surface area (Å²) in [5.41, 5.74) is 1.48. The van der Waals surface area contributed by atoms with Crippen LogP contribution in [0.5, 0.6) is 34.5 Å². The molecule has 2 aromatic rings. The Balaban J connectivity index is 2.47. The fourth-order valence-electron chi connectivity index (χ4n) is 4.33. The monoisotopic (exact) mass is 404 g/mol. The van der Waals surface area contributed by atoms with Crippen LogP contribution in [0, 0.1) is 0 Å². The molecule has 0 aliphatic heterocycles. The highest BCUT2D eigenvalue weighted by molar-refractivity contribution is 5.72. The normalized spacial score (nSPS) is 19.7. The van der Waals surface area contributed by atoms with E-state index in [4.69, 9.17) is 28.4 Å². The Morgan fingerprint density at radius 1 is 0.655 bits per heavy atom. The highest BCUT2D eigenvalue weighted by Crippen LogP contribution is 2.59. The van der Waals surface area contributed by atoms with Crippen molar-refractivity contribution in [2.24, 2.45) is 0 Å². The van der Waals surface area contributed by atoms with Crippen molar-refractivity contribution < 1.29 is 33.5 Å². The van der Waals surface area contributed by atoms with Gasteiger partial charge in [0, 0.05) is 17.0 Å². The second-order valence-corrected chi connectivity index (χ2v) is 7.01. The summed E-state index contributed by atoms with van der Waals surface area (Å²) >= 11 is 0. The van der Waals surface area contributed by atoms with E-state index in [0.29, 0.717) is 45.6 Å². The van der Waals surface area contributed by atoms with Gasteiger partial charge in [0.25, 0.3) is 0 Å². The van der Waals surface area contributed by atoms with Gasteiger partial charge in [0.05, 0.1) is 42.7 Å². The molecule has 1 N–H and O–H groups in total. The molecule has 1 aliphatic carbocycles. The second-order valence-electron chi connectivity index (χ2n) is 7.01. The van der Waals surface area contributed by atoms with Crippen molar-refractivity contribution in [1.82, 2.24) is 0 Å². The van der Waals surface area contributed by atoms with E-state index in [9.17, 15) is 5.11 Å². The summed E-state index contributed by atoms with van der Waals surface area (Å²) in [4.78, 5) is 0. The molecule has 0 atom stereocenters. The highest BCUT2D eigenvalue weighted by atomic mass is 16.5. The Morgan fingerprint density at radius 2 is 1.00 bits per heavy atom. The summed E-state index contributed by atoms with van der Waals surface area (Å²) in [6.07, 6.45) is 0. The van der Waals surface area contributed by atoms with E-state index in [1.165, 1.54) is 14.2 Å². The molecule has 2 aromatic carbocycles. The van der Waals surface area contributed by atoms with Crippen LogP contribution >= 0.6 is 0 Å². The molecule has 158 valence electrons. The maximum atomic E-state index is 11.8. The van der Waals surface area contributed by atoms with Crippen LogP contribution in [0.3, 0.4) is 0 Å². The third-order valence-electron chi connectivity index (χ3n) is 5.63. The summed E-state index contributed by atoms with van der Waals surface area (Å²) in [6, 6.07) is 3.75. The smallest absolute Gasteiger partial charge is 0.203 e. The molecule has 0 saturated carbocycles. The van der Waals surface area contributed by atoms with Crippen LogP contribution in [0.2, 0.25) is 0 Å². The average molecular weight is 404 g/mol. The summed E-state index contributed by atoms with van der Waals surface area (Å²) < 4.78 is 33.5. The standard InChI is InChI=1S/C22H28O7/c1-11-12-9-14(24-3)18(26-5)20(28-7)16(12)22(2,23)17-13(11)10-15(25-4)19(27-6)21(17)29-8/h9-11,23H,1-8H3. The highest BCUT2D eigenvalue weighted by Gasteiger charge is 2.46. The summed E-state index contributed by atoms with van der Waals surface area (Å²) in [7, 11) is 9.30. The minimum absolute atomic E-state index is 0.109. The Bertz CT molecular complexity index is 860. The number of benzene rings is 2. The maximum absolute atomic E-state index is 11.8. The first-order chi connectivity index (χ1) is 13.8. The Labute approximate surface area is 171 Å². The van der Waals surface area contributed by atoms with E-state index >= 15 is 0 Å². The van der Waals surface area contributed by atoms with Gasteiger partial charge in [-0.2, -0.15) is 0 Å². The number of hydrogen-bond donors (Lipinski definition) is 1. The van der Waals surface area contributed by atoms with Crippen molar-refractivity contribution in [3.8, 4) is 34.5 Å².